The van der Waals surface area contributed by atoms with Crippen molar-refractivity contribution >= 4 is 0 Å². The van der Waals surface area contributed by atoms with E-state index in [0.29, 0.717) is 23.3 Å². The summed E-state index contributed by atoms with van der Waals surface area (Å²) in [6, 6.07) is 12.0. The molecule has 0 aliphatic heterocycles. The first-order chi connectivity index (χ1) is 13.5. The van der Waals surface area contributed by atoms with E-state index >= 15 is 0 Å². The molecule has 2 aromatic carbocycles. The zero-order chi connectivity index (χ0) is 19.7. The molecule has 2 saturated carbocycles. The van der Waals surface area contributed by atoms with Crippen LogP contribution in [0.25, 0.3) is 0 Å². The highest BCUT2D eigenvalue weighted by molar-refractivity contribution is 5.47. The first-order valence-corrected chi connectivity index (χ1v) is 11.1. The molecule has 0 amide bonds. The molecular weight excluding hydrogens is 344 g/mol. The van der Waals surface area contributed by atoms with E-state index < -0.39 is 0 Å². The maximum atomic E-state index is 10.4. The number of aromatic hydroxyl groups is 2. The van der Waals surface area contributed by atoms with Gasteiger partial charge in [-0.1, -0.05) is 44.4 Å². The van der Waals surface area contributed by atoms with Crippen LogP contribution in [-0.4, -0.2) is 10.2 Å². The van der Waals surface area contributed by atoms with Gasteiger partial charge in [-0.15, -0.1) is 0 Å². The molecule has 0 saturated heterocycles. The maximum Gasteiger partial charge on any atom is 0.118 e. The van der Waals surface area contributed by atoms with E-state index in [0.717, 1.165) is 5.56 Å². The lowest BCUT2D eigenvalue weighted by Gasteiger charge is -2.39. The van der Waals surface area contributed by atoms with Crippen molar-refractivity contribution in [3.8, 4) is 11.5 Å². The molecule has 2 fully saturated rings. The normalized spacial score (nSPS) is 26.3. The second-order valence-electron chi connectivity index (χ2n) is 9.43. The summed E-state index contributed by atoms with van der Waals surface area (Å²) in [6.45, 7) is 4.49. The molecular formula is C26H34O2. The van der Waals surface area contributed by atoms with Crippen molar-refractivity contribution < 1.29 is 10.2 Å². The minimum absolute atomic E-state index is 0.196. The van der Waals surface area contributed by atoms with Gasteiger partial charge >= 0.3 is 0 Å². The zero-order valence-corrected chi connectivity index (χ0v) is 17.4. The minimum atomic E-state index is 0.196. The Morgan fingerprint density at radius 3 is 2.07 bits per heavy atom. The molecule has 0 radical (unpaired) electrons. The van der Waals surface area contributed by atoms with Crippen molar-refractivity contribution in [1.82, 2.24) is 0 Å². The molecule has 0 bridgehead atoms. The van der Waals surface area contributed by atoms with Crippen molar-refractivity contribution in [3.63, 3.8) is 0 Å². The fraction of sp³-hybridized carbons (Fsp3) is 0.538. The molecule has 4 rings (SSSR count). The van der Waals surface area contributed by atoms with E-state index in [1.54, 1.807) is 0 Å². The van der Waals surface area contributed by atoms with Crippen molar-refractivity contribution in [2.75, 3.05) is 0 Å². The maximum absolute atomic E-state index is 10.4. The molecule has 2 aromatic rings. The lowest BCUT2D eigenvalue weighted by atomic mass is 9.65. The van der Waals surface area contributed by atoms with Crippen LogP contribution in [0, 0.1) is 6.92 Å². The third kappa shape index (κ3) is 3.66. The fourth-order valence-corrected chi connectivity index (χ4v) is 5.75. The first-order valence-electron chi connectivity index (χ1n) is 11.1. The highest BCUT2D eigenvalue weighted by Gasteiger charge is 2.35. The quantitative estimate of drug-likeness (QED) is 0.599. The van der Waals surface area contributed by atoms with E-state index in [-0.39, 0.29) is 5.41 Å². The van der Waals surface area contributed by atoms with E-state index in [1.807, 2.05) is 18.2 Å². The van der Waals surface area contributed by atoms with Crippen LogP contribution in [0.15, 0.2) is 36.4 Å². The number of benzene rings is 2. The Labute approximate surface area is 169 Å². The van der Waals surface area contributed by atoms with Gasteiger partial charge in [0.25, 0.3) is 0 Å². The Morgan fingerprint density at radius 1 is 0.786 bits per heavy atom. The highest BCUT2D eigenvalue weighted by atomic mass is 16.3. The molecule has 0 heterocycles. The lowest BCUT2D eigenvalue weighted by molar-refractivity contribution is 0.289. The van der Waals surface area contributed by atoms with Gasteiger partial charge in [-0.25, -0.2) is 0 Å². The van der Waals surface area contributed by atoms with Crippen LogP contribution >= 0.6 is 0 Å². The lowest BCUT2D eigenvalue weighted by Crippen LogP contribution is -2.28. The molecule has 0 unspecified atom stereocenters. The number of hydrogen-bond acceptors (Lipinski definition) is 2. The molecule has 0 atom stereocenters. The second-order valence-corrected chi connectivity index (χ2v) is 9.43. The Kier molecular flexibility index (Phi) is 5.40. The summed E-state index contributed by atoms with van der Waals surface area (Å²) in [5.74, 6) is 2.04. The van der Waals surface area contributed by atoms with Crippen LogP contribution in [0.1, 0.15) is 98.8 Å². The third-order valence-electron chi connectivity index (χ3n) is 7.63. The summed E-state index contributed by atoms with van der Waals surface area (Å²) in [6.07, 6.45) is 11.3. The molecule has 0 aromatic heterocycles. The molecule has 0 spiro atoms. The number of phenols is 2. The monoisotopic (exact) mass is 378 g/mol. The standard InChI is InChI=1S/C26H34O2/c1-18-24(28)13-12-23(25(18)20-6-4-3-5-7-20)19-14-16-26(2,17-15-19)21-8-10-22(27)11-9-21/h8-13,19-20,27-28H,3-7,14-17H2,1-2H3. The van der Waals surface area contributed by atoms with Crippen molar-refractivity contribution in [3.05, 3.63) is 58.7 Å². The molecule has 2 N–H and O–H groups in total. The zero-order valence-electron chi connectivity index (χ0n) is 17.4. The van der Waals surface area contributed by atoms with E-state index in [9.17, 15) is 10.2 Å². The predicted molar refractivity (Wildman–Crippen MR) is 115 cm³/mol. The molecule has 2 heteroatoms. The number of phenolic OH excluding ortho intramolecular Hbond substituents is 2. The van der Waals surface area contributed by atoms with Crippen molar-refractivity contribution in [2.45, 2.75) is 88.9 Å². The van der Waals surface area contributed by atoms with Crippen LogP contribution < -0.4 is 0 Å². The SMILES string of the molecule is Cc1c(O)ccc(C2CCC(C)(c3ccc(O)cc3)CC2)c1C1CCCCC1. The van der Waals surface area contributed by atoms with Gasteiger partial charge in [0.15, 0.2) is 0 Å². The predicted octanol–water partition coefficient (Wildman–Crippen LogP) is 7.07. The Hall–Kier alpha value is -1.96. The van der Waals surface area contributed by atoms with Crippen LogP contribution in [0.4, 0.5) is 0 Å². The summed E-state index contributed by atoms with van der Waals surface area (Å²) in [4.78, 5) is 0. The fourth-order valence-electron chi connectivity index (χ4n) is 5.75. The van der Waals surface area contributed by atoms with E-state index in [2.05, 4.69) is 32.0 Å². The van der Waals surface area contributed by atoms with Crippen LogP contribution in [0.2, 0.25) is 0 Å². The van der Waals surface area contributed by atoms with Crippen molar-refractivity contribution in [1.29, 1.82) is 0 Å². The Morgan fingerprint density at radius 2 is 1.43 bits per heavy atom. The third-order valence-corrected chi connectivity index (χ3v) is 7.63. The molecule has 150 valence electrons. The number of hydrogen-bond donors (Lipinski definition) is 2. The Bertz CT molecular complexity index is 807. The first kappa shape index (κ1) is 19.4. The van der Waals surface area contributed by atoms with Crippen molar-refractivity contribution in [2.24, 2.45) is 0 Å². The summed E-state index contributed by atoms with van der Waals surface area (Å²) in [5.41, 5.74) is 5.64. The van der Waals surface area contributed by atoms with E-state index in [4.69, 9.17) is 0 Å². The summed E-state index contributed by atoms with van der Waals surface area (Å²) in [5, 5.41) is 20.0. The van der Waals surface area contributed by atoms with Gasteiger partial charge in [0, 0.05) is 0 Å². The average molecular weight is 379 g/mol. The second kappa shape index (κ2) is 7.81. The van der Waals surface area contributed by atoms with Crippen LogP contribution in [-0.2, 0) is 5.41 Å². The highest BCUT2D eigenvalue weighted by Crippen LogP contribution is 2.48. The number of rotatable bonds is 3. The summed E-state index contributed by atoms with van der Waals surface area (Å²) in [7, 11) is 0. The largest absolute Gasteiger partial charge is 0.508 e. The van der Waals surface area contributed by atoms with Gasteiger partial charge in [0.05, 0.1) is 0 Å². The van der Waals surface area contributed by atoms with Gasteiger partial charge in [0.2, 0.25) is 0 Å². The van der Waals surface area contributed by atoms with Crippen LogP contribution in [0.5, 0.6) is 11.5 Å². The summed E-state index contributed by atoms with van der Waals surface area (Å²) < 4.78 is 0. The minimum Gasteiger partial charge on any atom is -0.508 e. The molecule has 2 aliphatic rings. The van der Waals surface area contributed by atoms with Gasteiger partial charge in [-0.3, -0.25) is 0 Å². The average Bonchev–Trinajstić information content (AvgIpc) is 2.72. The molecule has 2 nitrogen and oxygen atoms in total. The smallest absolute Gasteiger partial charge is 0.118 e. The molecule has 28 heavy (non-hydrogen) atoms. The van der Waals surface area contributed by atoms with Gasteiger partial charge in [0.1, 0.15) is 11.5 Å². The molecule has 2 aliphatic carbocycles. The topological polar surface area (TPSA) is 40.5 Å². The Balaban J connectivity index is 1.57. The van der Waals surface area contributed by atoms with Gasteiger partial charge in [-0.2, -0.15) is 0 Å². The van der Waals surface area contributed by atoms with Gasteiger partial charge in [-0.05, 0) is 103 Å². The summed E-state index contributed by atoms with van der Waals surface area (Å²) >= 11 is 0. The van der Waals surface area contributed by atoms with E-state index in [1.165, 1.54) is 74.5 Å². The van der Waals surface area contributed by atoms with Gasteiger partial charge < -0.3 is 10.2 Å². The van der Waals surface area contributed by atoms with Crippen LogP contribution in [0.3, 0.4) is 0 Å².